The number of amides is 1. The number of aryl methyl sites for hydroxylation is 1. The predicted molar refractivity (Wildman–Crippen MR) is 121 cm³/mol. The molecule has 0 fully saturated rings. The van der Waals surface area contributed by atoms with Crippen molar-refractivity contribution < 1.29 is 13.6 Å². The zero-order chi connectivity index (χ0) is 24.2. The lowest BCUT2D eigenvalue weighted by Crippen LogP contribution is -2.15. The van der Waals surface area contributed by atoms with Gasteiger partial charge in [0, 0.05) is 50.0 Å². The molecule has 0 saturated carbocycles. The first kappa shape index (κ1) is 24.1. The van der Waals surface area contributed by atoms with E-state index in [1.165, 1.54) is 13.1 Å². The summed E-state index contributed by atoms with van der Waals surface area (Å²) in [5, 5.41) is 5.68. The van der Waals surface area contributed by atoms with Gasteiger partial charge in [-0.05, 0) is 20.5 Å². The number of nitrogens with zero attached hydrogens (tertiary/aromatic N) is 6. The summed E-state index contributed by atoms with van der Waals surface area (Å²) >= 11 is 0. The quantitative estimate of drug-likeness (QED) is 0.527. The van der Waals surface area contributed by atoms with Crippen molar-refractivity contribution in [3.63, 3.8) is 0 Å². The summed E-state index contributed by atoms with van der Waals surface area (Å²) in [5.41, 5.74) is 2.81. The summed E-state index contributed by atoms with van der Waals surface area (Å²) in [5.74, 6) is -3.58. The van der Waals surface area contributed by atoms with Crippen molar-refractivity contribution in [3.05, 3.63) is 47.9 Å². The molecular formula is C22H26F2N8O. The maximum Gasteiger partial charge on any atom is 0.303 e. The van der Waals surface area contributed by atoms with Gasteiger partial charge in [0.25, 0.3) is 0 Å². The summed E-state index contributed by atoms with van der Waals surface area (Å²) in [4.78, 5) is 34.6. The molecule has 0 aliphatic carbocycles. The van der Waals surface area contributed by atoms with Crippen LogP contribution in [-0.2, 0) is 23.7 Å². The van der Waals surface area contributed by atoms with Crippen LogP contribution >= 0.6 is 0 Å². The third-order valence-corrected chi connectivity index (χ3v) is 4.46. The van der Waals surface area contributed by atoms with Gasteiger partial charge in [-0.3, -0.25) is 14.8 Å². The van der Waals surface area contributed by atoms with Crippen molar-refractivity contribution in [1.82, 2.24) is 29.8 Å². The van der Waals surface area contributed by atoms with Crippen molar-refractivity contribution in [2.75, 3.05) is 24.7 Å². The van der Waals surface area contributed by atoms with Crippen molar-refractivity contribution in [2.24, 2.45) is 0 Å². The number of anilines is 3. The molecule has 0 radical (unpaired) electrons. The van der Waals surface area contributed by atoms with E-state index in [2.05, 4.69) is 35.6 Å². The monoisotopic (exact) mass is 456 g/mol. The molecule has 3 aromatic rings. The molecule has 2 N–H and O–H groups in total. The van der Waals surface area contributed by atoms with Gasteiger partial charge in [0.15, 0.2) is 0 Å². The van der Waals surface area contributed by atoms with Crippen LogP contribution in [-0.4, -0.2) is 49.8 Å². The third kappa shape index (κ3) is 6.45. The SMILES string of the molecule is CCc1cc(Nc2cc(NC(C)=O)ncc2-c2cnc(CN(C)C)cn2)nc(C(C)(F)F)n1. The van der Waals surface area contributed by atoms with E-state index in [4.69, 9.17) is 0 Å². The number of rotatable bonds is 8. The molecule has 0 spiro atoms. The molecule has 11 heteroatoms. The second-order valence-electron chi connectivity index (χ2n) is 7.86. The van der Waals surface area contributed by atoms with Gasteiger partial charge in [0.1, 0.15) is 11.6 Å². The number of halogens is 2. The van der Waals surface area contributed by atoms with E-state index in [0.717, 1.165) is 12.6 Å². The Morgan fingerprint density at radius 2 is 1.79 bits per heavy atom. The number of nitrogens with one attached hydrogen (secondary N) is 2. The smallest absolute Gasteiger partial charge is 0.303 e. The van der Waals surface area contributed by atoms with E-state index in [1.807, 2.05) is 25.9 Å². The molecule has 3 rings (SSSR count). The molecule has 0 aliphatic rings. The number of alkyl halides is 2. The molecule has 0 saturated heterocycles. The van der Waals surface area contributed by atoms with Crippen LogP contribution in [0.15, 0.2) is 30.7 Å². The molecule has 0 aliphatic heterocycles. The topological polar surface area (TPSA) is 109 Å². The Morgan fingerprint density at radius 1 is 1.03 bits per heavy atom. The number of carbonyl (C=O) groups excluding carboxylic acids is 1. The number of pyridine rings is 1. The van der Waals surface area contributed by atoms with Crippen molar-refractivity contribution in [3.8, 4) is 11.3 Å². The fourth-order valence-corrected chi connectivity index (χ4v) is 2.99. The van der Waals surface area contributed by atoms with E-state index >= 15 is 0 Å². The van der Waals surface area contributed by atoms with Crippen LogP contribution in [0, 0.1) is 0 Å². The molecular weight excluding hydrogens is 430 g/mol. The largest absolute Gasteiger partial charge is 0.339 e. The highest BCUT2D eigenvalue weighted by Crippen LogP contribution is 2.31. The van der Waals surface area contributed by atoms with Gasteiger partial charge >= 0.3 is 5.92 Å². The fraction of sp³-hybridized carbons (Fsp3) is 0.364. The van der Waals surface area contributed by atoms with Gasteiger partial charge in [-0.2, -0.15) is 8.78 Å². The third-order valence-electron chi connectivity index (χ3n) is 4.46. The Bertz CT molecular complexity index is 1130. The second-order valence-corrected chi connectivity index (χ2v) is 7.86. The zero-order valence-corrected chi connectivity index (χ0v) is 19.1. The number of hydrogen-bond donors (Lipinski definition) is 2. The van der Waals surface area contributed by atoms with Gasteiger partial charge in [-0.1, -0.05) is 6.92 Å². The molecule has 0 atom stereocenters. The molecule has 33 heavy (non-hydrogen) atoms. The highest BCUT2D eigenvalue weighted by atomic mass is 19.3. The van der Waals surface area contributed by atoms with Gasteiger partial charge < -0.3 is 15.5 Å². The second kappa shape index (κ2) is 9.90. The van der Waals surface area contributed by atoms with Gasteiger partial charge in [-0.15, -0.1) is 0 Å². The number of carbonyl (C=O) groups is 1. The summed E-state index contributed by atoms with van der Waals surface area (Å²) in [7, 11) is 3.87. The average molecular weight is 457 g/mol. The molecule has 9 nitrogen and oxygen atoms in total. The lowest BCUT2D eigenvalue weighted by atomic mass is 10.1. The normalized spacial score (nSPS) is 11.5. The van der Waals surface area contributed by atoms with Gasteiger partial charge in [-0.25, -0.2) is 15.0 Å². The number of hydrogen-bond acceptors (Lipinski definition) is 8. The highest BCUT2D eigenvalue weighted by Gasteiger charge is 2.29. The Hall–Kier alpha value is -3.60. The predicted octanol–water partition coefficient (Wildman–Crippen LogP) is 3.77. The van der Waals surface area contributed by atoms with E-state index in [1.54, 1.807) is 24.5 Å². The Balaban J connectivity index is 2.05. The minimum atomic E-state index is -3.20. The van der Waals surface area contributed by atoms with Crippen molar-refractivity contribution in [1.29, 1.82) is 0 Å². The minimum Gasteiger partial charge on any atom is -0.339 e. The summed E-state index contributed by atoms with van der Waals surface area (Å²) in [6, 6.07) is 3.19. The first-order valence-electron chi connectivity index (χ1n) is 10.3. The Morgan fingerprint density at radius 3 is 2.36 bits per heavy atom. The lowest BCUT2D eigenvalue weighted by molar-refractivity contribution is -0.114. The van der Waals surface area contributed by atoms with Crippen molar-refractivity contribution >= 4 is 23.2 Å². The van der Waals surface area contributed by atoms with Crippen LogP contribution in [0.5, 0.6) is 0 Å². The van der Waals surface area contributed by atoms with Crippen LogP contribution in [0.4, 0.5) is 26.1 Å². The van der Waals surface area contributed by atoms with Crippen LogP contribution < -0.4 is 10.6 Å². The summed E-state index contributed by atoms with van der Waals surface area (Å²) in [6.07, 6.45) is 5.26. The standard InChI is InChI=1S/C22H26F2N8O/c1-6-14-7-20(31-21(29-14)22(3,23)24)30-17-8-19(28-13(2)33)27-10-16(17)18-11-25-15(9-26-18)12-32(4)5/h7-11H,6,12H2,1-5H3,(H2,27,28,29,30,31,33). The van der Waals surface area contributed by atoms with E-state index in [-0.39, 0.29) is 17.5 Å². The summed E-state index contributed by atoms with van der Waals surface area (Å²) in [6.45, 7) is 4.57. The van der Waals surface area contributed by atoms with Crippen molar-refractivity contribution in [2.45, 2.75) is 39.7 Å². The molecule has 3 aromatic heterocycles. The molecule has 1 amide bonds. The van der Waals surface area contributed by atoms with Crippen LogP contribution in [0.1, 0.15) is 38.0 Å². The first-order chi connectivity index (χ1) is 15.5. The van der Waals surface area contributed by atoms with Crippen LogP contribution in [0.2, 0.25) is 0 Å². The lowest BCUT2D eigenvalue weighted by Gasteiger charge is -2.16. The highest BCUT2D eigenvalue weighted by molar-refractivity contribution is 5.89. The van der Waals surface area contributed by atoms with Gasteiger partial charge in [0.2, 0.25) is 11.7 Å². The molecule has 3 heterocycles. The molecule has 0 aromatic carbocycles. The maximum atomic E-state index is 13.9. The number of aromatic nitrogens is 5. The minimum absolute atomic E-state index is 0.191. The van der Waals surface area contributed by atoms with Crippen LogP contribution in [0.25, 0.3) is 11.3 Å². The Labute approximate surface area is 190 Å². The van der Waals surface area contributed by atoms with E-state index < -0.39 is 11.7 Å². The summed E-state index contributed by atoms with van der Waals surface area (Å²) < 4.78 is 27.9. The van der Waals surface area contributed by atoms with E-state index in [0.29, 0.717) is 35.6 Å². The van der Waals surface area contributed by atoms with Crippen LogP contribution in [0.3, 0.4) is 0 Å². The Kier molecular flexibility index (Phi) is 7.22. The fourth-order valence-electron chi connectivity index (χ4n) is 2.99. The molecule has 0 bridgehead atoms. The molecule has 174 valence electrons. The maximum absolute atomic E-state index is 13.9. The first-order valence-corrected chi connectivity index (χ1v) is 10.3. The van der Waals surface area contributed by atoms with E-state index in [9.17, 15) is 13.6 Å². The average Bonchev–Trinajstić information content (AvgIpc) is 2.73. The van der Waals surface area contributed by atoms with Gasteiger partial charge in [0.05, 0.1) is 29.5 Å². The molecule has 0 unspecified atom stereocenters. The zero-order valence-electron chi connectivity index (χ0n) is 19.1.